The van der Waals surface area contributed by atoms with Crippen molar-refractivity contribution in [2.24, 2.45) is 0 Å². The molecule has 108 valence electrons. The second-order valence-corrected chi connectivity index (χ2v) is 5.23. The van der Waals surface area contributed by atoms with E-state index < -0.39 is 6.04 Å². The van der Waals surface area contributed by atoms with Gasteiger partial charge in [0.2, 0.25) is 0 Å². The lowest BCUT2D eigenvalue weighted by Gasteiger charge is -2.10. The minimum Gasteiger partial charge on any atom is -0.494 e. The fourth-order valence-corrected chi connectivity index (χ4v) is 2.72. The summed E-state index contributed by atoms with van der Waals surface area (Å²) in [5.74, 6) is 0.551. The van der Waals surface area contributed by atoms with Crippen molar-refractivity contribution in [3.63, 3.8) is 0 Å². The first-order valence-corrected chi connectivity index (χ1v) is 7.42. The van der Waals surface area contributed by atoms with E-state index in [1.807, 2.05) is 25.1 Å². The van der Waals surface area contributed by atoms with E-state index in [9.17, 15) is 4.79 Å². The molecule has 1 N–H and O–H groups in total. The van der Waals surface area contributed by atoms with Crippen LogP contribution >= 0.6 is 11.3 Å². The van der Waals surface area contributed by atoms with Gasteiger partial charge in [0.1, 0.15) is 11.8 Å². The lowest BCUT2D eigenvalue weighted by atomic mass is 10.3. The molecule has 0 amide bonds. The van der Waals surface area contributed by atoms with E-state index >= 15 is 0 Å². The Morgan fingerprint density at radius 1 is 1.40 bits per heavy atom. The van der Waals surface area contributed by atoms with Crippen LogP contribution in [0.25, 0.3) is 10.2 Å². The predicted octanol–water partition coefficient (Wildman–Crippen LogP) is 3.06. The van der Waals surface area contributed by atoms with Gasteiger partial charge >= 0.3 is 5.97 Å². The molecule has 0 radical (unpaired) electrons. The summed E-state index contributed by atoms with van der Waals surface area (Å²) in [6.07, 6.45) is 0. The third-order valence-electron chi connectivity index (χ3n) is 2.65. The summed E-state index contributed by atoms with van der Waals surface area (Å²) < 4.78 is 11.4. The van der Waals surface area contributed by atoms with Crippen LogP contribution in [0.3, 0.4) is 0 Å². The van der Waals surface area contributed by atoms with Crippen LogP contribution in [-0.2, 0) is 9.53 Å². The first kappa shape index (κ1) is 14.6. The minimum absolute atomic E-state index is 0.276. The third kappa shape index (κ3) is 3.39. The summed E-state index contributed by atoms with van der Waals surface area (Å²) in [6.45, 7) is 6.51. The van der Waals surface area contributed by atoms with Gasteiger partial charge in [-0.3, -0.25) is 0 Å². The van der Waals surface area contributed by atoms with Crippen molar-refractivity contribution in [1.29, 1.82) is 0 Å². The van der Waals surface area contributed by atoms with Gasteiger partial charge < -0.3 is 14.8 Å². The van der Waals surface area contributed by atoms with Gasteiger partial charge in [0.15, 0.2) is 5.13 Å². The number of benzene rings is 1. The average molecular weight is 294 g/mol. The molecule has 0 aliphatic rings. The topological polar surface area (TPSA) is 60.5 Å². The van der Waals surface area contributed by atoms with Crippen molar-refractivity contribution in [2.75, 3.05) is 18.5 Å². The van der Waals surface area contributed by atoms with Crippen LogP contribution in [0.5, 0.6) is 5.75 Å². The van der Waals surface area contributed by atoms with E-state index in [1.54, 1.807) is 13.8 Å². The van der Waals surface area contributed by atoms with E-state index in [-0.39, 0.29) is 5.97 Å². The number of carbonyl (C=O) groups excluding carboxylic acids is 1. The molecule has 1 aromatic carbocycles. The molecule has 0 fully saturated rings. The number of nitrogens with zero attached hydrogens (tertiary/aromatic N) is 1. The van der Waals surface area contributed by atoms with Gasteiger partial charge in [-0.1, -0.05) is 11.3 Å². The summed E-state index contributed by atoms with van der Waals surface area (Å²) in [6, 6.07) is 5.35. The van der Waals surface area contributed by atoms with Crippen LogP contribution < -0.4 is 10.1 Å². The molecule has 2 aromatic rings. The Morgan fingerprint density at radius 2 is 2.20 bits per heavy atom. The highest BCUT2D eigenvalue weighted by atomic mass is 32.1. The molecule has 1 aromatic heterocycles. The molecule has 0 saturated heterocycles. The molecule has 5 nitrogen and oxygen atoms in total. The Hall–Kier alpha value is -1.82. The largest absolute Gasteiger partial charge is 0.494 e. The summed E-state index contributed by atoms with van der Waals surface area (Å²) in [5.41, 5.74) is 0.886. The fourth-order valence-electron chi connectivity index (χ4n) is 1.73. The van der Waals surface area contributed by atoms with Crippen molar-refractivity contribution in [2.45, 2.75) is 26.8 Å². The smallest absolute Gasteiger partial charge is 0.328 e. The Balaban J connectivity index is 2.13. The Kier molecular flexibility index (Phi) is 4.79. The number of rotatable bonds is 6. The molecule has 0 spiro atoms. The molecule has 2 rings (SSSR count). The Bertz CT molecular complexity index is 597. The van der Waals surface area contributed by atoms with E-state index in [1.165, 1.54) is 11.3 Å². The quantitative estimate of drug-likeness (QED) is 0.830. The predicted molar refractivity (Wildman–Crippen MR) is 80.5 cm³/mol. The number of ether oxygens (including phenoxy) is 2. The van der Waals surface area contributed by atoms with Crippen molar-refractivity contribution < 1.29 is 14.3 Å². The van der Waals surface area contributed by atoms with Crippen LogP contribution in [0, 0.1) is 0 Å². The summed E-state index contributed by atoms with van der Waals surface area (Å²) in [5, 5.41) is 3.76. The number of anilines is 1. The van der Waals surface area contributed by atoms with Gasteiger partial charge in [0.05, 0.1) is 23.4 Å². The van der Waals surface area contributed by atoms with Crippen LogP contribution in [0.2, 0.25) is 0 Å². The highest BCUT2D eigenvalue weighted by molar-refractivity contribution is 7.22. The standard InChI is InChI=1S/C14H18N2O3S/c1-4-18-10-6-7-11-12(8-10)20-14(16-11)15-9(3)13(17)19-5-2/h6-9H,4-5H2,1-3H3,(H,15,16). The van der Waals surface area contributed by atoms with Gasteiger partial charge in [-0.2, -0.15) is 0 Å². The van der Waals surface area contributed by atoms with Gasteiger partial charge in [-0.25, -0.2) is 9.78 Å². The maximum atomic E-state index is 11.6. The maximum Gasteiger partial charge on any atom is 0.328 e. The van der Waals surface area contributed by atoms with Crippen molar-refractivity contribution >= 4 is 32.7 Å². The van der Waals surface area contributed by atoms with Crippen LogP contribution in [0.4, 0.5) is 5.13 Å². The van der Waals surface area contributed by atoms with E-state index in [4.69, 9.17) is 9.47 Å². The van der Waals surface area contributed by atoms with E-state index in [0.29, 0.717) is 18.3 Å². The first-order valence-electron chi connectivity index (χ1n) is 6.60. The van der Waals surface area contributed by atoms with Gasteiger partial charge in [0, 0.05) is 0 Å². The molecular weight excluding hydrogens is 276 g/mol. The summed E-state index contributed by atoms with van der Waals surface area (Å²) >= 11 is 1.49. The SMILES string of the molecule is CCOC(=O)C(C)Nc1nc2ccc(OCC)cc2s1. The van der Waals surface area contributed by atoms with Gasteiger partial charge in [-0.05, 0) is 39.0 Å². The number of thiazole rings is 1. The molecule has 1 unspecified atom stereocenters. The zero-order chi connectivity index (χ0) is 14.5. The summed E-state index contributed by atoms with van der Waals surface area (Å²) in [7, 11) is 0. The number of aromatic nitrogens is 1. The molecular formula is C14H18N2O3S. The number of fused-ring (bicyclic) bond motifs is 1. The van der Waals surface area contributed by atoms with Crippen LogP contribution in [0.1, 0.15) is 20.8 Å². The molecule has 0 aliphatic carbocycles. The van der Waals surface area contributed by atoms with Gasteiger partial charge in [0.25, 0.3) is 0 Å². The van der Waals surface area contributed by atoms with Crippen LogP contribution in [0.15, 0.2) is 18.2 Å². The average Bonchev–Trinajstić information content (AvgIpc) is 2.80. The monoisotopic (exact) mass is 294 g/mol. The van der Waals surface area contributed by atoms with Crippen molar-refractivity contribution in [1.82, 2.24) is 4.98 Å². The normalized spacial score (nSPS) is 12.2. The second kappa shape index (κ2) is 6.56. The highest BCUT2D eigenvalue weighted by Crippen LogP contribution is 2.29. The van der Waals surface area contributed by atoms with Gasteiger partial charge in [-0.15, -0.1) is 0 Å². The van der Waals surface area contributed by atoms with Crippen molar-refractivity contribution in [3.05, 3.63) is 18.2 Å². The maximum absolute atomic E-state index is 11.6. The molecule has 1 heterocycles. The zero-order valence-electron chi connectivity index (χ0n) is 11.8. The molecule has 1 atom stereocenters. The number of nitrogens with one attached hydrogen (secondary N) is 1. The minimum atomic E-state index is -0.415. The second-order valence-electron chi connectivity index (χ2n) is 4.20. The molecule has 20 heavy (non-hydrogen) atoms. The number of carbonyl (C=O) groups is 1. The molecule has 6 heteroatoms. The number of hydrogen-bond acceptors (Lipinski definition) is 6. The van der Waals surface area contributed by atoms with Crippen LogP contribution in [-0.4, -0.2) is 30.2 Å². The Morgan fingerprint density at radius 3 is 2.90 bits per heavy atom. The first-order chi connectivity index (χ1) is 9.63. The third-order valence-corrected chi connectivity index (χ3v) is 3.60. The highest BCUT2D eigenvalue weighted by Gasteiger charge is 2.15. The molecule has 0 aliphatic heterocycles. The molecule has 0 saturated carbocycles. The number of hydrogen-bond donors (Lipinski definition) is 1. The lowest BCUT2D eigenvalue weighted by molar-refractivity contribution is -0.143. The lowest BCUT2D eigenvalue weighted by Crippen LogP contribution is -2.28. The fraction of sp³-hybridized carbons (Fsp3) is 0.429. The number of esters is 1. The van der Waals surface area contributed by atoms with E-state index in [2.05, 4.69) is 10.3 Å². The van der Waals surface area contributed by atoms with Crippen molar-refractivity contribution in [3.8, 4) is 5.75 Å². The zero-order valence-corrected chi connectivity index (χ0v) is 12.6. The Labute approximate surface area is 121 Å². The summed E-state index contributed by atoms with van der Waals surface area (Å²) in [4.78, 5) is 16.0. The molecule has 0 bridgehead atoms. The van der Waals surface area contributed by atoms with E-state index in [0.717, 1.165) is 16.0 Å².